The van der Waals surface area contributed by atoms with Gasteiger partial charge in [-0.15, -0.1) is 11.3 Å². The number of aromatic nitrogens is 2. The van der Waals surface area contributed by atoms with Crippen molar-refractivity contribution < 1.29 is 9.90 Å². The monoisotopic (exact) mass is 351 g/mol. The zero-order valence-corrected chi connectivity index (χ0v) is 14.5. The van der Waals surface area contributed by atoms with Gasteiger partial charge in [-0.05, 0) is 36.6 Å². The van der Waals surface area contributed by atoms with E-state index < -0.39 is 6.09 Å². The predicted octanol–water partition coefficient (Wildman–Crippen LogP) is 4.72. The van der Waals surface area contributed by atoms with E-state index in [1.165, 1.54) is 4.90 Å². The molecule has 0 aliphatic carbocycles. The van der Waals surface area contributed by atoms with Gasteiger partial charge in [-0.3, -0.25) is 9.88 Å². The fourth-order valence-electron chi connectivity index (χ4n) is 3.07. The summed E-state index contributed by atoms with van der Waals surface area (Å²) in [5.41, 5.74) is 3.58. The van der Waals surface area contributed by atoms with E-state index in [1.807, 2.05) is 36.4 Å². The van der Waals surface area contributed by atoms with Crippen molar-refractivity contribution in [1.29, 1.82) is 0 Å². The Balaban J connectivity index is 1.75. The maximum absolute atomic E-state index is 11.6. The first-order valence-electron chi connectivity index (χ1n) is 8.14. The van der Waals surface area contributed by atoms with Crippen molar-refractivity contribution in [1.82, 2.24) is 14.9 Å². The van der Waals surface area contributed by atoms with Crippen molar-refractivity contribution in [2.45, 2.75) is 13.3 Å². The van der Waals surface area contributed by atoms with E-state index in [1.54, 1.807) is 23.7 Å². The van der Waals surface area contributed by atoms with Crippen LogP contribution in [0, 0.1) is 5.92 Å². The Morgan fingerprint density at radius 1 is 1.24 bits per heavy atom. The summed E-state index contributed by atoms with van der Waals surface area (Å²) in [6.45, 7) is 2.59. The molecular formula is C19H17N3O2S. The molecule has 0 radical (unpaired) electrons. The molecule has 5 nitrogen and oxygen atoms in total. The van der Waals surface area contributed by atoms with Gasteiger partial charge in [0.1, 0.15) is 5.01 Å². The van der Waals surface area contributed by atoms with Crippen molar-refractivity contribution in [3.8, 4) is 10.6 Å². The normalized spacial score (nSPS) is 17.6. The number of thiazole rings is 1. The van der Waals surface area contributed by atoms with E-state index in [0.717, 1.165) is 38.5 Å². The minimum Gasteiger partial charge on any atom is -0.465 e. The van der Waals surface area contributed by atoms with E-state index >= 15 is 0 Å². The van der Waals surface area contributed by atoms with E-state index in [4.69, 9.17) is 4.98 Å². The number of fused-ring (bicyclic) bond motifs is 1. The summed E-state index contributed by atoms with van der Waals surface area (Å²) in [7, 11) is 0. The van der Waals surface area contributed by atoms with Crippen LogP contribution in [-0.4, -0.2) is 32.6 Å². The molecule has 3 heterocycles. The second-order valence-electron chi connectivity index (χ2n) is 6.26. The lowest BCUT2D eigenvalue weighted by molar-refractivity contribution is 0.159. The fourth-order valence-corrected chi connectivity index (χ4v) is 4.02. The fraction of sp³-hybridized carbons (Fsp3) is 0.211. The highest BCUT2D eigenvalue weighted by Crippen LogP contribution is 2.33. The molecule has 4 rings (SSSR count). The number of allylic oxidation sites excluding steroid dienone is 1. The van der Waals surface area contributed by atoms with Gasteiger partial charge in [-0.2, -0.15) is 0 Å². The molecule has 2 aromatic heterocycles. The molecule has 0 saturated heterocycles. The van der Waals surface area contributed by atoms with Crippen molar-refractivity contribution >= 4 is 33.3 Å². The van der Waals surface area contributed by atoms with Gasteiger partial charge in [0.05, 0.1) is 15.9 Å². The molecule has 1 aliphatic rings. The smallest absolute Gasteiger partial charge is 0.411 e. The first kappa shape index (κ1) is 15.8. The molecule has 3 aromatic rings. The highest BCUT2D eigenvalue weighted by molar-refractivity contribution is 7.21. The number of carboxylic acid groups (broad SMARTS) is 1. The van der Waals surface area contributed by atoms with E-state index in [9.17, 15) is 9.90 Å². The number of rotatable bonds is 2. The van der Waals surface area contributed by atoms with Crippen LogP contribution >= 0.6 is 11.3 Å². The topological polar surface area (TPSA) is 66.3 Å². The highest BCUT2D eigenvalue weighted by Gasteiger charge is 2.25. The van der Waals surface area contributed by atoms with Crippen LogP contribution in [0.3, 0.4) is 0 Å². The van der Waals surface area contributed by atoms with Gasteiger partial charge in [-0.1, -0.05) is 19.1 Å². The van der Waals surface area contributed by atoms with Gasteiger partial charge in [0, 0.05) is 30.1 Å². The molecule has 1 atom stereocenters. The third kappa shape index (κ3) is 3.00. The number of pyridine rings is 1. The summed E-state index contributed by atoms with van der Waals surface area (Å²) in [5.74, 6) is 0.334. The minimum atomic E-state index is -0.909. The Labute approximate surface area is 149 Å². The summed E-state index contributed by atoms with van der Waals surface area (Å²) in [6, 6.07) is 9.86. The van der Waals surface area contributed by atoms with Crippen LogP contribution in [0.15, 0.2) is 48.8 Å². The Morgan fingerprint density at radius 3 is 2.80 bits per heavy atom. The van der Waals surface area contributed by atoms with Gasteiger partial charge in [-0.25, -0.2) is 9.78 Å². The molecule has 25 heavy (non-hydrogen) atoms. The SMILES string of the molecule is C[C@H]1CC=C(c2ccc3sc(-c4ccncc4)nc3c2)N(C(=O)O)C1. The molecule has 1 aliphatic heterocycles. The minimum absolute atomic E-state index is 0.334. The standard InChI is InChI=1S/C19H17N3O2S/c1-12-2-4-16(22(11-12)19(23)24)14-3-5-17-15(10-14)21-18(25-17)13-6-8-20-9-7-13/h3-10,12H,2,11H2,1H3,(H,23,24)/t12-/m0/s1. The quantitative estimate of drug-likeness (QED) is 0.725. The van der Waals surface area contributed by atoms with Crippen LogP contribution < -0.4 is 0 Å². The van der Waals surface area contributed by atoms with Crippen LogP contribution in [0.4, 0.5) is 4.79 Å². The van der Waals surface area contributed by atoms with Crippen LogP contribution in [0.5, 0.6) is 0 Å². The second-order valence-corrected chi connectivity index (χ2v) is 7.29. The van der Waals surface area contributed by atoms with Gasteiger partial charge >= 0.3 is 6.09 Å². The van der Waals surface area contributed by atoms with Crippen molar-refractivity contribution in [2.75, 3.05) is 6.54 Å². The number of nitrogens with zero attached hydrogens (tertiary/aromatic N) is 3. The second kappa shape index (κ2) is 6.29. The van der Waals surface area contributed by atoms with Gasteiger partial charge in [0.15, 0.2) is 0 Å². The Kier molecular flexibility index (Phi) is 3.97. The number of benzene rings is 1. The van der Waals surface area contributed by atoms with Gasteiger partial charge < -0.3 is 5.11 Å². The number of amides is 1. The Morgan fingerprint density at radius 2 is 2.04 bits per heavy atom. The maximum atomic E-state index is 11.6. The lowest BCUT2D eigenvalue weighted by atomic mass is 9.98. The lowest BCUT2D eigenvalue weighted by Crippen LogP contribution is -2.34. The Bertz CT molecular complexity index is 965. The van der Waals surface area contributed by atoms with Crippen LogP contribution in [0.25, 0.3) is 26.5 Å². The molecule has 1 amide bonds. The first-order valence-corrected chi connectivity index (χ1v) is 8.95. The largest absolute Gasteiger partial charge is 0.465 e. The van der Waals surface area contributed by atoms with E-state index in [-0.39, 0.29) is 0 Å². The zero-order chi connectivity index (χ0) is 17.4. The average Bonchev–Trinajstić information content (AvgIpc) is 3.05. The van der Waals surface area contributed by atoms with E-state index in [2.05, 4.69) is 11.9 Å². The number of hydrogen-bond donors (Lipinski definition) is 1. The average molecular weight is 351 g/mol. The molecule has 1 aromatic carbocycles. The molecule has 0 bridgehead atoms. The summed E-state index contributed by atoms with van der Waals surface area (Å²) in [6.07, 6.45) is 5.50. The molecule has 0 saturated carbocycles. The molecule has 126 valence electrons. The lowest BCUT2D eigenvalue weighted by Gasteiger charge is -2.29. The molecular weight excluding hydrogens is 334 g/mol. The zero-order valence-electron chi connectivity index (χ0n) is 13.7. The van der Waals surface area contributed by atoms with Crippen LogP contribution in [0.2, 0.25) is 0 Å². The third-order valence-corrected chi connectivity index (χ3v) is 5.43. The molecule has 0 unspecified atom stereocenters. The van der Waals surface area contributed by atoms with Crippen molar-refractivity contribution in [2.24, 2.45) is 5.92 Å². The summed E-state index contributed by atoms with van der Waals surface area (Å²) < 4.78 is 1.09. The maximum Gasteiger partial charge on any atom is 0.411 e. The number of carbonyl (C=O) groups is 1. The summed E-state index contributed by atoms with van der Waals surface area (Å²) >= 11 is 1.62. The third-order valence-electron chi connectivity index (χ3n) is 4.34. The van der Waals surface area contributed by atoms with Crippen molar-refractivity contribution in [3.63, 3.8) is 0 Å². The Hall–Kier alpha value is -2.73. The predicted molar refractivity (Wildman–Crippen MR) is 99.3 cm³/mol. The van der Waals surface area contributed by atoms with Crippen LogP contribution in [-0.2, 0) is 0 Å². The van der Waals surface area contributed by atoms with Gasteiger partial charge in [0.2, 0.25) is 0 Å². The highest BCUT2D eigenvalue weighted by atomic mass is 32.1. The van der Waals surface area contributed by atoms with Gasteiger partial charge in [0.25, 0.3) is 0 Å². The molecule has 0 spiro atoms. The molecule has 1 N–H and O–H groups in total. The first-order chi connectivity index (χ1) is 12.1. The molecule has 0 fully saturated rings. The van der Waals surface area contributed by atoms with E-state index in [0.29, 0.717) is 12.5 Å². The molecule has 6 heteroatoms. The summed E-state index contributed by atoms with van der Waals surface area (Å²) in [4.78, 5) is 21.8. The van der Waals surface area contributed by atoms with Crippen LogP contribution in [0.1, 0.15) is 18.9 Å². The number of hydrogen-bond acceptors (Lipinski definition) is 4. The summed E-state index contributed by atoms with van der Waals surface area (Å²) in [5, 5.41) is 10.5. The van der Waals surface area contributed by atoms with Crippen molar-refractivity contribution in [3.05, 3.63) is 54.4 Å².